The van der Waals surface area contributed by atoms with E-state index in [-0.39, 0.29) is 12.4 Å². The Kier molecular flexibility index (Phi) is 5.64. The van der Waals surface area contributed by atoms with Crippen LogP contribution in [0.3, 0.4) is 0 Å². The Morgan fingerprint density at radius 1 is 1.25 bits per heavy atom. The highest BCUT2D eigenvalue weighted by molar-refractivity contribution is 9.10. The average molecular weight is 415 g/mol. The second-order valence-electron chi connectivity index (χ2n) is 5.70. The molecule has 0 bridgehead atoms. The first-order valence-electron chi connectivity index (χ1n) is 7.74. The summed E-state index contributed by atoms with van der Waals surface area (Å²) in [6.07, 6.45) is 2.39. The van der Waals surface area contributed by atoms with Gasteiger partial charge in [0.2, 0.25) is 0 Å². The van der Waals surface area contributed by atoms with E-state index in [1.807, 2.05) is 12.1 Å². The molecule has 2 aromatic rings. The predicted octanol–water partition coefficient (Wildman–Crippen LogP) is 5.08. The van der Waals surface area contributed by atoms with Crippen LogP contribution >= 0.6 is 27.5 Å². The van der Waals surface area contributed by atoms with E-state index in [1.165, 1.54) is 18.9 Å². The highest BCUT2D eigenvalue weighted by atomic mass is 79.9. The Labute approximate surface area is 154 Å². The van der Waals surface area contributed by atoms with Crippen molar-refractivity contribution in [2.24, 2.45) is 0 Å². The first kappa shape index (κ1) is 17.5. The zero-order valence-corrected chi connectivity index (χ0v) is 15.6. The maximum absolute atomic E-state index is 14.0. The monoisotopic (exact) mass is 413 g/mol. The number of rotatable bonds is 7. The summed E-state index contributed by atoms with van der Waals surface area (Å²) >= 11 is 9.64. The summed E-state index contributed by atoms with van der Waals surface area (Å²) in [5, 5.41) is 3.81. The van der Waals surface area contributed by atoms with Crippen LogP contribution in [-0.2, 0) is 13.2 Å². The predicted molar refractivity (Wildman–Crippen MR) is 96.3 cm³/mol. The summed E-state index contributed by atoms with van der Waals surface area (Å²) in [6.45, 7) is 0.692. The smallest absolute Gasteiger partial charge is 0.167 e. The van der Waals surface area contributed by atoms with Crippen molar-refractivity contribution in [3.8, 4) is 11.5 Å². The highest BCUT2D eigenvalue weighted by Crippen LogP contribution is 2.37. The molecule has 0 aliphatic heterocycles. The summed E-state index contributed by atoms with van der Waals surface area (Å²) in [5.41, 5.74) is 1.29. The molecule has 1 fully saturated rings. The van der Waals surface area contributed by atoms with Gasteiger partial charge in [0.15, 0.2) is 11.5 Å². The third kappa shape index (κ3) is 4.02. The van der Waals surface area contributed by atoms with Crippen molar-refractivity contribution in [2.45, 2.75) is 32.0 Å². The van der Waals surface area contributed by atoms with Gasteiger partial charge in [-0.3, -0.25) is 0 Å². The standard InChI is InChI=1S/C18H18BrClFNO2/c1-23-17-8-7-14(19)12(9-22-11-5-6-11)18(17)24-10-13-15(20)3-2-4-16(13)21/h2-4,7-8,11,22H,5-6,9-10H2,1H3. The second kappa shape index (κ2) is 7.72. The lowest BCUT2D eigenvalue weighted by atomic mass is 10.1. The van der Waals surface area contributed by atoms with E-state index in [4.69, 9.17) is 21.1 Å². The summed E-state index contributed by atoms with van der Waals surface area (Å²) < 4.78 is 26.2. The van der Waals surface area contributed by atoms with Crippen molar-refractivity contribution >= 4 is 27.5 Å². The Hall–Kier alpha value is -1.30. The molecular formula is C18H18BrClFNO2. The summed E-state index contributed by atoms with van der Waals surface area (Å²) in [5.74, 6) is 0.826. The summed E-state index contributed by atoms with van der Waals surface area (Å²) in [4.78, 5) is 0. The third-order valence-electron chi connectivity index (χ3n) is 3.95. The Morgan fingerprint density at radius 3 is 2.71 bits per heavy atom. The van der Waals surface area contributed by atoms with Gasteiger partial charge in [-0.25, -0.2) is 4.39 Å². The van der Waals surface area contributed by atoms with Gasteiger partial charge in [-0.2, -0.15) is 0 Å². The fourth-order valence-corrected chi connectivity index (χ4v) is 3.08. The van der Waals surface area contributed by atoms with E-state index < -0.39 is 0 Å². The summed E-state index contributed by atoms with van der Waals surface area (Å²) in [7, 11) is 1.59. The van der Waals surface area contributed by atoms with Crippen molar-refractivity contribution in [1.29, 1.82) is 0 Å². The molecular weight excluding hydrogens is 397 g/mol. The van der Waals surface area contributed by atoms with Crippen LogP contribution in [0.15, 0.2) is 34.8 Å². The zero-order chi connectivity index (χ0) is 17.1. The normalized spacial score (nSPS) is 13.8. The van der Waals surface area contributed by atoms with E-state index >= 15 is 0 Å². The van der Waals surface area contributed by atoms with Crippen molar-refractivity contribution in [3.63, 3.8) is 0 Å². The molecule has 1 aliphatic carbocycles. The van der Waals surface area contributed by atoms with Gasteiger partial charge in [-0.05, 0) is 37.1 Å². The molecule has 1 aliphatic rings. The van der Waals surface area contributed by atoms with Crippen molar-refractivity contribution < 1.29 is 13.9 Å². The van der Waals surface area contributed by atoms with E-state index in [9.17, 15) is 4.39 Å². The van der Waals surface area contributed by atoms with Gasteiger partial charge in [-0.15, -0.1) is 0 Å². The molecule has 1 N–H and O–H groups in total. The number of benzene rings is 2. The van der Waals surface area contributed by atoms with Gasteiger partial charge in [0.1, 0.15) is 12.4 Å². The molecule has 6 heteroatoms. The molecule has 0 radical (unpaired) electrons. The molecule has 24 heavy (non-hydrogen) atoms. The number of hydrogen-bond acceptors (Lipinski definition) is 3. The summed E-state index contributed by atoms with van der Waals surface area (Å²) in [6, 6.07) is 8.91. The number of halogens is 3. The lowest BCUT2D eigenvalue weighted by molar-refractivity contribution is 0.276. The number of nitrogens with one attached hydrogen (secondary N) is 1. The Bertz CT molecular complexity index is 717. The minimum atomic E-state index is -0.380. The van der Waals surface area contributed by atoms with Crippen LogP contribution in [0.4, 0.5) is 4.39 Å². The van der Waals surface area contributed by atoms with E-state index in [2.05, 4.69) is 21.2 Å². The zero-order valence-electron chi connectivity index (χ0n) is 13.2. The minimum absolute atomic E-state index is 0.0365. The van der Waals surface area contributed by atoms with Gasteiger partial charge in [-0.1, -0.05) is 33.6 Å². The quantitative estimate of drug-likeness (QED) is 0.685. The van der Waals surface area contributed by atoms with E-state index in [1.54, 1.807) is 19.2 Å². The Balaban J connectivity index is 1.85. The maximum atomic E-state index is 14.0. The first-order valence-corrected chi connectivity index (χ1v) is 8.91. The molecule has 0 heterocycles. The molecule has 3 rings (SSSR count). The van der Waals surface area contributed by atoms with Crippen LogP contribution in [0.2, 0.25) is 5.02 Å². The van der Waals surface area contributed by atoms with Crippen molar-refractivity contribution in [1.82, 2.24) is 5.32 Å². The van der Waals surface area contributed by atoms with Crippen molar-refractivity contribution in [3.05, 3.63) is 56.8 Å². The van der Waals surface area contributed by atoms with Crippen LogP contribution in [0.5, 0.6) is 11.5 Å². The van der Waals surface area contributed by atoms with Gasteiger partial charge >= 0.3 is 0 Å². The third-order valence-corrected chi connectivity index (χ3v) is 5.05. The van der Waals surface area contributed by atoms with Crippen LogP contribution < -0.4 is 14.8 Å². The van der Waals surface area contributed by atoms with Gasteiger partial charge < -0.3 is 14.8 Å². The fourth-order valence-electron chi connectivity index (χ4n) is 2.41. The first-order chi connectivity index (χ1) is 11.6. The largest absolute Gasteiger partial charge is 0.493 e. The second-order valence-corrected chi connectivity index (χ2v) is 6.96. The van der Waals surface area contributed by atoms with E-state index in [0.717, 1.165) is 10.0 Å². The van der Waals surface area contributed by atoms with Crippen LogP contribution in [0.25, 0.3) is 0 Å². The number of methoxy groups -OCH3 is 1. The van der Waals surface area contributed by atoms with Crippen molar-refractivity contribution in [2.75, 3.05) is 7.11 Å². The minimum Gasteiger partial charge on any atom is -0.493 e. The molecule has 0 amide bonds. The molecule has 0 saturated heterocycles. The molecule has 0 aromatic heterocycles. The average Bonchev–Trinajstić information content (AvgIpc) is 3.38. The van der Waals surface area contributed by atoms with Crippen LogP contribution in [0, 0.1) is 5.82 Å². The lowest BCUT2D eigenvalue weighted by Crippen LogP contribution is -2.17. The van der Waals surface area contributed by atoms with Crippen LogP contribution in [0.1, 0.15) is 24.0 Å². The number of ether oxygens (including phenoxy) is 2. The van der Waals surface area contributed by atoms with E-state index in [0.29, 0.717) is 34.7 Å². The SMILES string of the molecule is COc1ccc(Br)c(CNC2CC2)c1OCc1c(F)cccc1Cl. The fraction of sp³-hybridized carbons (Fsp3) is 0.333. The Morgan fingerprint density at radius 2 is 2.04 bits per heavy atom. The van der Waals surface area contributed by atoms with Gasteiger partial charge in [0, 0.05) is 28.2 Å². The molecule has 128 valence electrons. The maximum Gasteiger partial charge on any atom is 0.167 e. The topological polar surface area (TPSA) is 30.5 Å². The molecule has 0 atom stereocenters. The highest BCUT2D eigenvalue weighted by Gasteiger charge is 2.23. The molecule has 2 aromatic carbocycles. The molecule has 3 nitrogen and oxygen atoms in total. The molecule has 0 spiro atoms. The molecule has 0 unspecified atom stereocenters. The van der Waals surface area contributed by atoms with Crippen LogP contribution in [-0.4, -0.2) is 13.2 Å². The van der Waals surface area contributed by atoms with Gasteiger partial charge in [0.05, 0.1) is 12.1 Å². The molecule has 1 saturated carbocycles. The number of hydrogen-bond donors (Lipinski definition) is 1. The lowest BCUT2D eigenvalue weighted by Gasteiger charge is -2.17. The van der Waals surface area contributed by atoms with Gasteiger partial charge in [0.25, 0.3) is 0 Å².